The first-order valence-electron chi connectivity index (χ1n) is 17.0. The van der Waals surface area contributed by atoms with Gasteiger partial charge in [-0.2, -0.15) is 4.98 Å². The smallest absolute Gasteiger partial charge is 0.455 e. The summed E-state index contributed by atoms with van der Waals surface area (Å²) in [6.07, 6.45) is -9.03. The van der Waals surface area contributed by atoms with E-state index in [-0.39, 0.29) is 42.2 Å². The van der Waals surface area contributed by atoms with Crippen molar-refractivity contribution in [3.05, 3.63) is 48.1 Å². The predicted octanol–water partition coefficient (Wildman–Crippen LogP) is -3.25. The van der Waals surface area contributed by atoms with Gasteiger partial charge in [0.2, 0.25) is 5.91 Å². The second-order valence-corrected chi connectivity index (χ2v) is 15.2. The molecule has 3 aromatic heterocycles. The van der Waals surface area contributed by atoms with Crippen LogP contribution in [-0.2, 0) is 51.2 Å². The van der Waals surface area contributed by atoms with Gasteiger partial charge in [-0.3, -0.25) is 27.5 Å². The van der Waals surface area contributed by atoms with E-state index in [4.69, 9.17) is 44.6 Å². The number of phosphoric acid groups is 2. The van der Waals surface area contributed by atoms with E-state index in [1.165, 1.54) is 17.0 Å². The van der Waals surface area contributed by atoms with Crippen LogP contribution in [0.3, 0.4) is 0 Å². The monoisotopic (exact) mass is 865 g/mol. The number of anilines is 2. The molecule has 3 aromatic rings. The van der Waals surface area contributed by atoms with Gasteiger partial charge < -0.3 is 65.7 Å². The molecule has 1 amide bonds. The summed E-state index contributed by atoms with van der Waals surface area (Å²) < 4.78 is 64.1. The van der Waals surface area contributed by atoms with E-state index in [0.29, 0.717) is 0 Å². The van der Waals surface area contributed by atoms with Gasteiger partial charge in [0.05, 0.1) is 39.4 Å². The average Bonchev–Trinajstić information content (AvgIpc) is 3.82. The summed E-state index contributed by atoms with van der Waals surface area (Å²) in [4.78, 5) is 83.5. The van der Waals surface area contributed by atoms with Crippen molar-refractivity contribution >= 4 is 50.3 Å². The number of esters is 1. The molecule has 320 valence electrons. The number of hydrogen-bond donors (Lipinski definition) is 9. The molecule has 0 aliphatic carbocycles. The Bertz CT molecular complexity index is 2090. The molecule has 5 rings (SSSR count). The highest BCUT2D eigenvalue weighted by atomic mass is 31.2. The van der Waals surface area contributed by atoms with Crippen LogP contribution in [0, 0.1) is 0 Å². The number of carbonyl (C=O) groups excluding carboxylic acids is 2. The van der Waals surface area contributed by atoms with E-state index >= 15 is 0 Å². The highest BCUT2D eigenvalue weighted by molar-refractivity contribution is 7.47. The molecule has 2 aliphatic rings. The molecule has 27 nitrogen and oxygen atoms in total. The van der Waals surface area contributed by atoms with E-state index in [1.807, 2.05) is 0 Å². The maximum atomic E-state index is 13.5. The van der Waals surface area contributed by atoms with Crippen LogP contribution in [0.1, 0.15) is 25.3 Å². The molecule has 11 N–H and O–H groups in total. The second kappa shape index (κ2) is 19.2. The SMILES string of the molecule is C=CCCC(=O)NC(COCCO)C(=O)O[C@H]1[C@@H](O)[C@H](n2cnc3c(N)ncnc32)O[C@@H]1COP(=O)(O)O[C@H]1[C@@H](O)[C@H](n2ccc(N)nc2=O)O[C@@H]1COP(=O)(O)O. The van der Waals surface area contributed by atoms with Gasteiger partial charge >= 0.3 is 27.3 Å². The number of amides is 1. The Labute approximate surface area is 326 Å². The molecule has 2 unspecified atom stereocenters. The third-order valence-corrected chi connectivity index (χ3v) is 9.91. The van der Waals surface area contributed by atoms with Crippen molar-refractivity contribution in [1.82, 2.24) is 34.4 Å². The number of ether oxygens (including phenoxy) is 4. The van der Waals surface area contributed by atoms with Crippen molar-refractivity contribution in [2.24, 2.45) is 0 Å². The number of nitrogens with zero attached hydrogens (tertiary/aromatic N) is 6. The first-order valence-corrected chi connectivity index (χ1v) is 20.1. The summed E-state index contributed by atoms with van der Waals surface area (Å²) in [5.41, 5.74) is 10.5. The van der Waals surface area contributed by atoms with Gasteiger partial charge in [0, 0.05) is 12.6 Å². The summed E-state index contributed by atoms with van der Waals surface area (Å²) in [6.45, 7) is 0.392. The molecular formula is C29H41N9O18P2. The standard InChI is InChI=1S/C29H41N9O18P2/c1-2-3-4-18(40)35-14(9-50-8-7-39)28(43)55-22-15(53-27(20(22)41)38-13-34-19-24(31)32-12-33-25(19)38)11-52-58(48,49)56-23-16(10-51-57(45,46)47)54-26(21(23)42)37-6-5-17(30)36-29(37)44/h2,5-6,12-16,20-23,26-27,39,41-42H,1,3-4,7-11H2,(H,35,40)(H,48,49)(H2,30,36,44)(H2,31,32,33)(H2,45,46,47)/t14?,15-,16-,20-,21-,22-,23-,26-,27-/m1/s1. The highest BCUT2D eigenvalue weighted by Crippen LogP contribution is 2.50. The number of nitrogen functional groups attached to an aromatic ring is 2. The maximum absolute atomic E-state index is 13.5. The largest absolute Gasteiger partial charge is 0.472 e. The lowest BCUT2D eigenvalue weighted by Gasteiger charge is -2.26. The minimum absolute atomic E-state index is 0.0299. The Morgan fingerprint density at radius 1 is 1.02 bits per heavy atom. The van der Waals surface area contributed by atoms with Crippen molar-refractivity contribution in [2.45, 2.75) is 68.0 Å². The van der Waals surface area contributed by atoms with Crippen LogP contribution in [-0.4, -0.2) is 147 Å². The number of allylic oxidation sites excluding steroid dienone is 1. The van der Waals surface area contributed by atoms with Gasteiger partial charge in [-0.05, 0) is 12.5 Å². The number of aromatic nitrogens is 6. The molecule has 0 aromatic carbocycles. The molecule has 0 radical (unpaired) electrons. The zero-order valence-corrected chi connectivity index (χ0v) is 31.8. The lowest BCUT2D eigenvalue weighted by Crippen LogP contribution is -2.48. The van der Waals surface area contributed by atoms with Crippen LogP contribution in [0.2, 0.25) is 0 Å². The van der Waals surface area contributed by atoms with Crippen LogP contribution in [0.25, 0.3) is 11.2 Å². The third kappa shape index (κ3) is 11.0. The van der Waals surface area contributed by atoms with Crippen LogP contribution >= 0.6 is 15.6 Å². The number of phosphoric ester groups is 2. The van der Waals surface area contributed by atoms with E-state index in [1.54, 1.807) is 0 Å². The Morgan fingerprint density at radius 2 is 1.69 bits per heavy atom. The fraction of sp³-hybridized carbons (Fsp3) is 0.552. The molecule has 5 heterocycles. The van der Waals surface area contributed by atoms with Gasteiger partial charge in [0.25, 0.3) is 0 Å². The Kier molecular flexibility index (Phi) is 14.8. The maximum Gasteiger partial charge on any atom is 0.472 e. The zero-order valence-electron chi connectivity index (χ0n) is 30.1. The summed E-state index contributed by atoms with van der Waals surface area (Å²) >= 11 is 0. The number of imidazole rings is 1. The minimum Gasteiger partial charge on any atom is -0.455 e. The number of nitrogens with two attached hydrogens (primary N) is 2. The Morgan fingerprint density at radius 3 is 2.36 bits per heavy atom. The third-order valence-electron chi connectivity index (χ3n) is 8.44. The fourth-order valence-electron chi connectivity index (χ4n) is 5.79. The van der Waals surface area contributed by atoms with Gasteiger partial charge in [-0.15, -0.1) is 6.58 Å². The van der Waals surface area contributed by atoms with E-state index < -0.39 is 115 Å². The molecule has 58 heavy (non-hydrogen) atoms. The topological polar surface area (TPSA) is 397 Å². The van der Waals surface area contributed by atoms with Crippen molar-refractivity contribution in [3.8, 4) is 0 Å². The lowest BCUT2D eigenvalue weighted by atomic mass is 10.1. The predicted molar refractivity (Wildman–Crippen MR) is 190 cm³/mol. The molecule has 2 aliphatic heterocycles. The molecule has 2 fully saturated rings. The Balaban J connectivity index is 1.39. The van der Waals surface area contributed by atoms with E-state index in [2.05, 4.69) is 36.4 Å². The zero-order chi connectivity index (χ0) is 42.4. The summed E-state index contributed by atoms with van der Waals surface area (Å²) in [5, 5.41) is 34.2. The average molecular weight is 866 g/mol. The van der Waals surface area contributed by atoms with Crippen LogP contribution in [0.15, 0.2) is 42.4 Å². The van der Waals surface area contributed by atoms with Gasteiger partial charge in [0.1, 0.15) is 48.2 Å². The minimum atomic E-state index is -5.42. The molecule has 2 saturated heterocycles. The second-order valence-electron chi connectivity index (χ2n) is 12.5. The first-order chi connectivity index (χ1) is 27.4. The molecule has 10 atom stereocenters. The van der Waals surface area contributed by atoms with Crippen molar-refractivity contribution < 1.29 is 81.2 Å². The van der Waals surface area contributed by atoms with Gasteiger partial charge in [0.15, 0.2) is 36.1 Å². The van der Waals surface area contributed by atoms with Crippen LogP contribution in [0.4, 0.5) is 11.6 Å². The lowest BCUT2D eigenvalue weighted by molar-refractivity contribution is -0.162. The van der Waals surface area contributed by atoms with E-state index in [0.717, 1.165) is 23.2 Å². The number of nitrogens with one attached hydrogen (secondary N) is 1. The number of fused-ring (bicyclic) bond motifs is 1. The van der Waals surface area contributed by atoms with Gasteiger partial charge in [-0.25, -0.2) is 33.7 Å². The molecule has 29 heteroatoms. The first kappa shape index (κ1) is 44.8. The molecule has 0 spiro atoms. The molecule has 0 saturated carbocycles. The van der Waals surface area contributed by atoms with Gasteiger partial charge in [-0.1, -0.05) is 6.08 Å². The number of aliphatic hydroxyl groups is 3. The molecular weight excluding hydrogens is 824 g/mol. The summed E-state index contributed by atoms with van der Waals surface area (Å²) in [7, 11) is -10.6. The number of hydrogen-bond acceptors (Lipinski definition) is 21. The number of carbonyl (C=O) groups is 2. The van der Waals surface area contributed by atoms with Crippen molar-refractivity contribution in [1.29, 1.82) is 0 Å². The normalized spacial score (nSPS) is 26.3. The fourth-order valence-corrected chi connectivity index (χ4v) is 7.10. The van der Waals surface area contributed by atoms with E-state index in [9.17, 15) is 48.4 Å². The van der Waals surface area contributed by atoms with Crippen molar-refractivity contribution in [3.63, 3.8) is 0 Å². The molecule has 0 bridgehead atoms. The quantitative estimate of drug-likeness (QED) is 0.0233. The van der Waals surface area contributed by atoms with Crippen LogP contribution < -0.4 is 22.5 Å². The highest BCUT2D eigenvalue weighted by Gasteiger charge is 2.52. The summed E-state index contributed by atoms with van der Waals surface area (Å²) in [5.74, 6) is -1.98. The van der Waals surface area contributed by atoms with Crippen LogP contribution in [0.5, 0.6) is 0 Å². The van der Waals surface area contributed by atoms with Crippen molar-refractivity contribution in [2.75, 3.05) is 44.5 Å². The summed E-state index contributed by atoms with van der Waals surface area (Å²) in [6, 6.07) is -0.326. The number of rotatable bonds is 20. The number of aliphatic hydroxyl groups excluding tert-OH is 3. The Hall–Kier alpha value is -4.31.